The van der Waals surface area contributed by atoms with Gasteiger partial charge in [-0.25, -0.2) is 17.5 Å². The molecule has 0 bridgehead atoms. The maximum absolute atomic E-state index is 13.0. The first kappa shape index (κ1) is 18.4. The van der Waals surface area contributed by atoms with Crippen LogP contribution in [0.3, 0.4) is 0 Å². The predicted octanol–water partition coefficient (Wildman–Crippen LogP) is 2.73. The van der Waals surface area contributed by atoms with E-state index in [0.717, 1.165) is 5.56 Å². The van der Waals surface area contributed by atoms with E-state index in [9.17, 15) is 13.2 Å². The van der Waals surface area contributed by atoms with Crippen molar-refractivity contribution < 1.29 is 12.8 Å². The van der Waals surface area contributed by atoms with Gasteiger partial charge in [-0.1, -0.05) is 44.2 Å². The molecule has 0 aliphatic carbocycles. The van der Waals surface area contributed by atoms with Gasteiger partial charge >= 0.3 is 5.76 Å². The lowest BCUT2D eigenvalue weighted by Crippen LogP contribution is -2.38. The number of sulfonamides is 1. The summed E-state index contributed by atoms with van der Waals surface area (Å²) >= 11 is 0. The monoisotopic (exact) mass is 374 g/mol. The van der Waals surface area contributed by atoms with Gasteiger partial charge in [0.15, 0.2) is 5.58 Å². The molecule has 0 atom stereocenters. The lowest BCUT2D eigenvalue weighted by Gasteiger charge is -2.30. The van der Waals surface area contributed by atoms with Crippen LogP contribution in [0.15, 0.2) is 62.6 Å². The molecule has 0 spiro atoms. The van der Waals surface area contributed by atoms with Gasteiger partial charge in [0.05, 0.1) is 10.4 Å². The second-order valence-electron chi connectivity index (χ2n) is 7.07. The lowest BCUT2D eigenvalue weighted by atomic mass is 9.85. The van der Waals surface area contributed by atoms with E-state index in [0.29, 0.717) is 12.1 Å². The average Bonchev–Trinajstić information content (AvgIpc) is 2.89. The third kappa shape index (κ3) is 3.20. The van der Waals surface area contributed by atoms with E-state index in [4.69, 9.17) is 4.42 Å². The Morgan fingerprint density at radius 3 is 2.42 bits per heavy atom. The zero-order valence-corrected chi connectivity index (χ0v) is 16.1. The van der Waals surface area contributed by atoms with Crippen LogP contribution < -0.4 is 5.76 Å². The Bertz CT molecular complexity index is 1100. The smallest absolute Gasteiger partial charge is 0.408 e. The van der Waals surface area contributed by atoms with Gasteiger partial charge in [-0.15, -0.1) is 0 Å². The van der Waals surface area contributed by atoms with E-state index in [1.807, 2.05) is 44.2 Å². The molecule has 0 aliphatic heterocycles. The number of likely N-dealkylation sites (N-methyl/N-ethyl adjacent to an activating group) is 1. The van der Waals surface area contributed by atoms with Crippen molar-refractivity contribution in [2.24, 2.45) is 7.05 Å². The number of aromatic nitrogens is 1. The molecule has 1 heterocycles. The fraction of sp³-hybridized carbons (Fsp3) is 0.316. The molecule has 138 valence electrons. The van der Waals surface area contributed by atoms with E-state index in [1.54, 1.807) is 20.2 Å². The van der Waals surface area contributed by atoms with Gasteiger partial charge in [-0.2, -0.15) is 0 Å². The first-order valence-electron chi connectivity index (χ1n) is 8.24. The molecule has 7 heteroatoms. The second kappa shape index (κ2) is 6.41. The van der Waals surface area contributed by atoms with Crippen molar-refractivity contribution in [1.82, 2.24) is 8.87 Å². The SMILES string of the molecule is CN(CC(C)(C)c1ccccc1)S(=O)(=O)c1ccc2c(c1)oc(=O)n2C. The number of benzene rings is 2. The maximum Gasteiger partial charge on any atom is 0.419 e. The summed E-state index contributed by atoms with van der Waals surface area (Å²) in [6, 6.07) is 14.3. The Morgan fingerprint density at radius 2 is 1.77 bits per heavy atom. The highest BCUT2D eigenvalue weighted by Gasteiger charge is 2.29. The molecule has 0 N–H and O–H groups in total. The number of hydrogen-bond acceptors (Lipinski definition) is 4. The van der Waals surface area contributed by atoms with Crippen molar-refractivity contribution in [3.8, 4) is 0 Å². The van der Waals surface area contributed by atoms with Gasteiger partial charge < -0.3 is 4.42 Å². The van der Waals surface area contributed by atoms with Crippen molar-refractivity contribution in [1.29, 1.82) is 0 Å². The minimum Gasteiger partial charge on any atom is -0.408 e. The van der Waals surface area contributed by atoms with E-state index in [2.05, 4.69) is 0 Å². The molecule has 1 aromatic heterocycles. The van der Waals surface area contributed by atoms with Crippen LogP contribution in [0.1, 0.15) is 19.4 Å². The topological polar surface area (TPSA) is 72.5 Å². The second-order valence-corrected chi connectivity index (χ2v) is 9.11. The number of hydrogen-bond donors (Lipinski definition) is 0. The van der Waals surface area contributed by atoms with Crippen LogP contribution in [-0.4, -0.2) is 30.9 Å². The lowest BCUT2D eigenvalue weighted by molar-refractivity contribution is 0.372. The average molecular weight is 374 g/mol. The standard InChI is InChI=1S/C19H22N2O4S/c1-19(2,14-8-6-5-7-9-14)13-20(3)26(23,24)15-10-11-16-17(12-15)25-18(22)21(16)4/h5-12H,13H2,1-4H3. The summed E-state index contributed by atoms with van der Waals surface area (Å²) in [5.74, 6) is -0.520. The van der Waals surface area contributed by atoms with E-state index < -0.39 is 15.8 Å². The van der Waals surface area contributed by atoms with Gasteiger partial charge in [0, 0.05) is 32.1 Å². The highest BCUT2D eigenvalue weighted by Crippen LogP contribution is 2.27. The van der Waals surface area contributed by atoms with E-state index in [1.165, 1.54) is 21.0 Å². The predicted molar refractivity (Wildman–Crippen MR) is 101 cm³/mol. The Labute approximate surface area is 152 Å². The van der Waals surface area contributed by atoms with Gasteiger partial charge in [-0.05, 0) is 17.7 Å². The molecule has 0 unspecified atom stereocenters. The summed E-state index contributed by atoms with van der Waals surface area (Å²) in [7, 11) is -0.572. The highest BCUT2D eigenvalue weighted by molar-refractivity contribution is 7.89. The van der Waals surface area contributed by atoms with Gasteiger partial charge in [-0.3, -0.25) is 4.57 Å². The number of nitrogens with zero attached hydrogens (tertiary/aromatic N) is 2. The van der Waals surface area contributed by atoms with Crippen molar-refractivity contribution in [2.75, 3.05) is 13.6 Å². The summed E-state index contributed by atoms with van der Waals surface area (Å²) in [5, 5.41) is 0. The van der Waals surface area contributed by atoms with E-state index in [-0.39, 0.29) is 15.9 Å². The van der Waals surface area contributed by atoms with Gasteiger partial charge in [0.2, 0.25) is 10.0 Å². The molecule has 2 aromatic carbocycles. The summed E-state index contributed by atoms with van der Waals surface area (Å²) in [5.41, 5.74) is 1.52. The molecule has 26 heavy (non-hydrogen) atoms. The molecule has 0 saturated carbocycles. The normalized spacial score (nSPS) is 12.8. The highest BCUT2D eigenvalue weighted by atomic mass is 32.2. The third-order valence-electron chi connectivity index (χ3n) is 4.65. The van der Waals surface area contributed by atoms with Crippen molar-refractivity contribution in [3.05, 3.63) is 64.6 Å². The Hall–Kier alpha value is -2.38. The van der Waals surface area contributed by atoms with Crippen LogP contribution >= 0.6 is 0 Å². The molecular weight excluding hydrogens is 352 g/mol. The number of oxazole rings is 1. The summed E-state index contributed by atoms with van der Waals surface area (Å²) in [6.07, 6.45) is 0. The first-order chi connectivity index (χ1) is 12.1. The van der Waals surface area contributed by atoms with Crippen LogP contribution in [0.25, 0.3) is 11.1 Å². The summed E-state index contributed by atoms with van der Waals surface area (Å²) in [6.45, 7) is 4.33. The van der Waals surface area contributed by atoms with Crippen LogP contribution in [0, 0.1) is 0 Å². The zero-order valence-electron chi connectivity index (χ0n) is 15.3. The van der Waals surface area contributed by atoms with Gasteiger partial charge in [0.1, 0.15) is 0 Å². The quantitative estimate of drug-likeness (QED) is 0.688. The fourth-order valence-electron chi connectivity index (χ4n) is 3.08. The van der Waals surface area contributed by atoms with Gasteiger partial charge in [0.25, 0.3) is 0 Å². The number of fused-ring (bicyclic) bond motifs is 1. The Balaban J connectivity index is 1.93. The van der Waals surface area contributed by atoms with Crippen molar-refractivity contribution in [3.63, 3.8) is 0 Å². The molecule has 0 amide bonds. The minimum atomic E-state index is -3.71. The third-order valence-corrected chi connectivity index (χ3v) is 6.44. The molecule has 3 rings (SSSR count). The molecule has 3 aromatic rings. The number of rotatable bonds is 5. The van der Waals surface area contributed by atoms with Crippen LogP contribution in [-0.2, 0) is 22.5 Å². The molecule has 0 fully saturated rings. The summed E-state index contributed by atoms with van der Waals surface area (Å²) in [4.78, 5) is 11.7. The van der Waals surface area contributed by atoms with Crippen LogP contribution in [0.5, 0.6) is 0 Å². The maximum atomic E-state index is 13.0. The van der Waals surface area contributed by atoms with Crippen molar-refractivity contribution >= 4 is 21.1 Å². The van der Waals surface area contributed by atoms with Crippen molar-refractivity contribution in [2.45, 2.75) is 24.2 Å². The van der Waals surface area contributed by atoms with Crippen LogP contribution in [0.4, 0.5) is 0 Å². The van der Waals surface area contributed by atoms with E-state index >= 15 is 0 Å². The molecule has 0 aliphatic rings. The minimum absolute atomic E-state index is 0.103. The molecule has 0 saturated heterocycles. The number of aryl methyl sites for hydroxylation is 1. The largest absolute Gasteiger partial charge is 0.419 e. The molecule has 6 nitrogen and oxygen atoms in total. The Kier molecular flexibility index (Phi) is 4.54. The molecule has 0 radical (unpaired) electrons. The molecular formula is C19H22N2O4S. The first-order valence-corrected chi connectivity index (χ1v) is 9.68. The fourth-order valence-corrected chi connectivity index (χ4v) is 4.43. The zero-order chi connectivity index (χ0) is 19.1. The summed E-state index contributed by atoms with van der Waals surface area (Å²) < 4.78 is 33.7. The van der Waals surface area contributed by atoms with Crippen LogP contribution in [0.2, 0.25) is 0 Å². The Morgan fingerprint density at radius 1 is 1.12 bits per heavy atom.